The smallest absolute Gasteiger partial charge is 0.284 e. The number of nitrogens with one attached hydrogen (secondary N) is 1. The molecular formula is C18H19ClN2O3S. The van der Waals surface area contributed by atoms with Crippen molar-refractivity contribution < 1.29 is 14.8 Å². The number of amides is 2. The number of hydrogen-bond acceptors (Lipinski definition) is 4. The van der Waals surface area contributed by atoms with E-state index in [2.05, 4.69) is 0 Å². The number of rotatable bonds is 4. The Hall–Kier alpha value is -1.89. The highest BCUT2D eigenvalue weighted by Gasteiger charge is 2.25. The van der Waals surface area contributed by atoms with Gasteiger partial charge in [-0.2, -0.15) is 0 Å². The van der Waals surface area contributed by atoms with E-state index < -0.39 is 5.91 Å². The molecule has 2 N–H and O–H groups in total. The highest BCUT2D eigenvalue weighted by molar-refractivity contribution is 7.14. The number of carbonyl (C=O) groups is 2. The lowest BCUT2D eigenvalue weighted by Gasteiger charge is -2.28. The Morgan fingerprint density at radius 1 is 1.36 bits per heavy atom. The molecule has 0 aliphatic carbocycles. The number of thiophene rings is 1. The minimum absolute atomic E-state index is 0.104. The zero-order valence-electron chi connectivity index (χ0n) is 13.8. The number of halogens is 1. The molecule has 0 bridgehead atoms. The number of hydroxylamine groups is 1. The Labute approximate surface area is 155 Å². The maximum Gasteiger partial charge on any atom is 0.284 e. The van der Waals surface area contributed by atoms with Gasteiger partial charge in [-0.05, 0) is 41.7 Å². The summed E-state index contributed by atoms with van der Waals surface area (Å²) in [6.45, 7) is 3.20. The second-order valence-corrected chi connectivity index (χ2v) is 7.80. The second kappa shape index (κ2) is 7.56. The van der Waals surface area contributed by atoms with E-state index >= 15 is 0 Å². The second-order valence-electron chi connectivity index (χ2n) is 6.22. The molecule has 1 aromatic heterocycles. The first-order valence-corrected chi connectivity index (χ1v) is 9.26. The SMILES string of the molecule is C[C@@H](CC(=O)N1CCc2sc(C(=O)NO)cc2C1)c1ccc(Cl)cc1. The van der Waals surface area contributed by atoms with Crippen molar-refractivity contribution in [3.63, 3.8) is 0 Å². The number of carbonyl (C=O) groups excluding carboxylic acids is 2. The topological polar surface area (TPSA) is 69.6 Å². The zero-order valence-corrected chi connectivity index (χ0v) is 15.4. The van der Waals surface area contributed by atoms with E-state index in [0.29, 0.717) is 29.4 Å². The Morgan fingerprint density at radius 3 is 2.76 bits per heavy atom. The van der Waals surface area contributed by atoms with Gasteiger partial charge in [0.2, 0.25) is 5.91 Å². The Kier molecular flexibility index (Phi) is 5.42. The van der Waals surface area contributed by atoms with Gasteiger partial charge in [-0.15, -0.1) is 11.3 Å². The summed E-state index contributed by atoms with van der Waals surface area (Å²) in [4.78, 5) is 27.6. The molecule has 1 aliphatic rings. The van der Waals surface area contributed by atoms with Crippen LogP contribution in [0.3, 0.4) is 0 Å². The van der Waals surface area contributed by atoms with Crippen LogP contribution >= 0.6 is 22.9 Å². The monoisotopic (exact) mass is 378 g/mol. The molecule has 0 spiro atoms. The Bertz CT molecular complexity index is 788. The molecule has 1 aromatic carbocycles. The molecule has 0 saturated carbocycles. The fourth-order valence-corrected chi connectivity index (χ4v) is 4.19. The fourth-order valence-electron chi connectivity index (χ4n) is 3.01. The first-order chi connectivity index (χ1) is 12.0. The lowest BCUT2D eigenvalue weighted by atomic mass is 9.96. The van der Waals surface area contributed by atoms with Crippen LogP contribution in [-0.4, -0.2) is 28.5 Å². The average molecular weight is 379 g/mol. The minimum Gasteiger partial charge on any atom is -0.338 e. The van der Waals surface area contributed by atoms with Crippen molar-refractivity contribution in [1.82, 2.24) is 10.4 Å². The summed E-state index contributed by atoms with van der Waals surface area (Å²) < 4.78 is 0. The summed E-state index contributed by atoms with van der Waals surface area (Å²) in [7, 11) is 0. The molecule has 25 heavy (non-hydrogen) atoms. The summed E-state index contributed by atoms with van der Waals surface area (Å²) in [5.74, 6) is -0.287. The highest BCUT2D eigenvalue weighted by Crippen LogP contribution is 2.29. The third-order valence-electron chi connectivity index (χ3n) is 4.46. The third-order valence-corrected chi connectivity index (χ3v) is 5.95. The molecule has 132 valence electrons. The molecule has 2 aromatic rings. The zero-order chi connectivity index (χ0) is 18.0. The van der Waals surface area contributed by atoms with Crippen molar-refractivity contribution in [2.45, 2.75) is 32.2 Å². The molecule has 3 rings (SSSR count). The Balaban J connectivity index is 1.65. The summed E-state index contributed by atoms with van der Waals surface area (Å²) >= 11 is 7.28. The third kappa shape index (κ3) is 4.03. The van der Waals surface area contributed by atoms with E-state index in [9.17, 15) is 9.59 Å². The van der Waals surface area contributed by atoms with Crippen molar-refractivity contribution in [3.05, 3.63) is 56.2 Å². The van der Waals surface area contributed by atoms with Crippen LogP contribution in [0.5, 0.6) is 0 Å². The van der Waals surface area contributed by atoms with Crippen LogP contribution < -0.4 is 5.48 Å². The van der Waals surface area contributed by atoms with Crippen molar-refractivity contribution >= 4 is 34.8 Å². The van der Waals surface area contributed by atoms with Gasteiger partial charge in [-0.25, -0.2) is 5.48 Å². The van der Waals surface area contributed by atoms with E-state index in [0.717, 1.165) is 22.4 Å². The number of nitrogens with zero attached hydrogens (tertiary/aromatic N) is 1. The molecule has 2 amide bonds. The van der Waals surface area contributed by atoms with E-state index in [1.54, 1.807) is 11.5 Å². The van der Waals surface area contributed by atoms with Crippen LogP contribution in [0.1, 0.15) is 44.9 Å². The van der Waals surface area contributed by atoms with Crippen LogP contribution in [0.25, 0.3) is 0 Å². The van der Waals surface area contributed by atoms with Gasteiger partial charge < -0.3 is 4.90 Å². The molecular weight excluding hydrogens is 360 g/mol. The van der Waals surface area contributed by atoms with Crippen molar-refractivity contribution in [1.29, 1.82) is 0 Å². The molecule has 0 unspecified atom stereocenters. The number of fused-ring (bicyclic) bond motifs is 1. The van der Waals surface area contributed by atoms with Crippen LogP contribution in [0, 0.1) is 0 Å². The summed E-state index contributed by atoms with van der Waals surface area (Å²) in [5.41, 5.74) is 3.73. The quantitative estimate of drug-likeness (QED) is 0.630. The van der Waals surface area contributed by atoms with Crippen molar-refractivity contribution in [3.8, 4) is 0 Å². The highest BCUT2D eigenvalue weighted by atomic mass is 35.5. The summed E-state index contributed by atoms with van der Waals surface area (Å²) in [5, 5.41) is 9.43. The predicted octanol–water partition coefficient (Wildman–Crippen LogP) is 3.60. The first kappa shape index (κ1) is 17.9. The Morgan fingerprint density at radius 2 is 2.08 bits per heavy atom. The number of benzene rings is 1. The van der Waals surface area contributed by atoms with Crippen LogP contribution in [0.2, 0.25) is 5.02 Å². The first-order valence-electron chi connectivity index (χ1n) is 8.07. The van der Waals surface area contributed by atoms with Crippen molar-refractivity contribution in [2.24, 2.45) is 0 Å². The molecule has 7 heteroatoms. The standard InChI is InChI=1S/C18H19ClN2O3S/c1-11(12-2-4-14(19)5-3-12)8-17(22)21-7-6-15-13(10-21)9-16(25-15)18(23)20-24/h2-5,9,11,24H,6-8,10H2,1H3,(H,20,23)/t11-/m0/s1. The van der Waals surface area contributed by atoms with Crippen molar-refractivity contribution in [2.75, 3.05) is 6.54 Å². The van der Waals surface area contributed by atoms with Crippen LogP contribution in [0.15, 0.2) is 30.3 Å². The van der Waals surface area contributed by atoms with E-state index in [1.165, 1.54) is 11.3 Å². The maximum absolute atomic E-state index is 12.6. The van der Waals surface area contributed by atoms with Gasteiger partial charge in [0.25, 0.3) is 5.91 Å². The predicted molar refractivity (Wildman–Crippen MR) is 97.2 cm³/mol. The summed E-state index contributed by atoms with van der Waals surface area (Å²) in [6, 6.07) is 9.34. The van der Waals surface area contributed by atoms with Gasteiger partial charge in [0.15, 0.2) is 0 Å². The maximum atomic E-state index is 12.6. The lowest BCUT2D eigenvalue weighted by Crippen LogP contribution is -2.35. The van der Waals surface area contributed by atoms with Gasteiger partial charge in [-0.1, -0.05) is 30.7 Å². The molecule has 0 saturated heterocycles. The summed E-state index contributed by atoms with van der Waals surface area (Å²) in [6.07, 6.45) is 1.17. The number of hydrogen-bond donors (Lipinski definition) is 2. The fraction of sp³-hybridized carbons (Fsp3) is 0.333. The molecule has 0 radical (unpaired) electrons. The van der Waals surface area contributed by atoms with Gasteiger partial charge in [0.1, 0.15) is 0 Å². The van der Waals surface area contributed by atoms with E-state index in [4.69, 9.17) is 16.8 Å². The van der Waals surface area contributed by atoms with Crippen LogP contribution in [-0.2, 0) is 17.8 Å². The van der Waals surface area contributed by atoms with Gasteiger partial charge in [-0.3, -0.25) is 14.8 Å². The minimum atomic E-state index is -0.506. The molecule has 5 nitrogen and oxygen atoms in total. The lowest BCUT2D eigenvalue weighted by molar-refractivity contribution is -0.132. The van der Waals surface area contributed by atoms with E-state index in [1.807, 2.05) is 36.1 Å². The van der Waals surface area contributed by atoms with E-state index in [-0.39, 0.29) is 11.8 Å². The molecule has 1 atom stereocenters. The largest absolute Gasteiger partial charge is 0.338 e. The van der Waals surface area contributed by atoms with Gasteiger partial charge >= 0.3 is 0 Å². The normalized spacial score (nSPS) is 14.8. The van der Waals surface area contributed by atoms with Gasteiger partial charge in [0, 0.05) is 29.4 Å². The van der Waals surface area contributed by atoms with Gasteiger partial charge in [0.05, 0.1) is 4.88 Å². The average Bonchev–Trinajstić information content (AvgIpc) is 3.04. The van der Waals surface area contributed by atoms with Crippen LogP contribution in [0.4, 0.5) is 0 Å². The molecule has 0 fully saturated rings. The molecule has 1 aliphatic heterocycles. The molecule has 2 heterocycles.